The largest absolute Gasteiger partial charge is 0.365 e. The van der Waals surface area contributed by atoms with Gasteiger partial charge >= 0.3 is 6.34 Å². The molecule has 0 saturated carbocycles. The molecule has 3 heteroatoms. The standard InChI is InChI=1S/C3H5N3/c1-3-4-2-5-6-3/h2-3H,1H3/p+1. The molecule has 0 saturated heterocycles. The molecule has 3 nitrogen and oxygen atoms in total. The molecule has 0 spiro atoms. The van der Waals surface area contributed by atoms with E-state index in [-0.39, 0.29) is 6.17 Å². The molecule has 0 fully saturated rings. The monoisotopic (exact) mass is 84.1 g/mol. The molecule has 6 heavy (non-hydrogen) atoms. The number of hydrogen-bond acceptors (Lipinski definition) is 2. The van der Waals surface area contributed by atoms with Gasteiger partial charge in [0.15, 0.2) is 0 Å². The summed E-state index contributed by atoms with van der Waals surface area (Å²) in [5.74, 6) is 0. The van der Waals surface area contributed by atoms with Gasteiger partial charge in [0.25, 0.3) is 0 Å². The highest BCUT2D eigenvalue weighted by molar-refractivity contribution is 5.47. The summed E-state index contributed by atoms with van der Waals surface area (Å²) in [6.07, 6.45) is 1.79. The van der Waals surface area contributed by atoms with Gasteiger partial charge in [-0.25, -0.2) is 5.32 Å². The minimum absolute atomic E-state index is 0.199. The van der Waals surface area contributed by atoms with Crippen molar-refractivity contribution in [2.45, 2.75) is 13.1 Å². The minimum Gasteiger partial charge on any atom is -0.238 e. The van der Waals surface area contributed by atoms with Gasteiger partial charge < -0.3 is 0 Å². The Kier molecular flexibility index (Phi) is 0.622. The molecule has 1 heterocycles. The molecule has 0 amide bonds. The van der Waals surface area contributed by atoms with E-state index in [1.54, 1.807) is 6.34 Å². The molecular weight excluding hydrogens is 78.1 g/mol. The fourth-order valence-electron chi connectivity index (χ4n) is 0.308. The lowest BCUT2D eigenvalue weighted by Crippen LogP contribution is -2.16. The summed E-state index contributed by atoms with van der Waals surface area (Å²) in [5.41, 5.74) is 0. The topological polar surface area (TPSA) is 38.5 Å². The fraction of sp³-hybridized carbons (Fsp3) is 0.667. The zero-order valence-electron chi connectivity index (χ0n) is 3.55. The zero-order valence-corrected chi connectivity index (χ0v) is 3.55. The smallest absolute Gasteiger partial charge is 0.238 e. The van der Waals surface area contributed by atoms with Crippen LogP contribution in [0.2, 0.25) is 0 Å². The van der Waals surface area contributed by atoms with Crippen molar-refractivity contribution < 1.29 is 4.79 Å². The third-order valence-electron chi connectivity index (χ3n) is 0.613. The molecule has 1 aliphatic heterocycles. The summed E-state index contributed by atoms with van der Waals surface area (Å²) < 4.78 is 0. The molecule has 1 N–H and O–H groups in total. The molecule has 0 aromatic rings. The van der Waals surface area contributed by atoms with E-state index in [0.717, 1.165) is 0 Å². The van der Waals surface area contributed by atoms with Gasteiger partial charge in [0.05, 0.1) is 0 Å². The van der Waals surface area contributed by atoms with Gasteiger partial charge in [-0.15, -0.1) is 0 Å². The van der Waals surface area contributed by atoms with Crippen LogP contribution in [-0.4, -0.2) is 17.3 Å². The molecule has 1 atom stereocenters. The van der Waals surface area contributed by atoms with Crippen molar-refractivity contribution in [3.05, 3.63) is 0 Å². The first kappa shape index (κ1) is 3.37. The maximum absolute atomic E-state index is 3.69. The zero-order chi connectivity index (χ0) is 4.41. The normalized spacial score (nSPS) is 27.8. The van der Waals surface area contributed by atoms with Crippen LogP contribution >= 0.6 is 0 Å². The third kappa shape index (κ3) is 0.396. The Morgan fingerprint density at radius 3 is 3.00 bits per heavy atom. The van der Waals surface area contributed by atoms with Crippen molar-refractivity contribution in [3.63, 3.8) is 0 Å². The van der Waals surface area contributed by atoms with E-state index in [0.29, 0.717) is 0 Å². The number of nitrogens with zero attached hydrogens (tertiary/aromatic N) is 2. The van der Waals surface area contributed by atoms with Crippen LogP contribution in [0, 0.1) is 0 Å². The van der Waals surface area contributed by atoms with E-state index in [4.69, 9.17) is 0 Å². The highest BCUT2D eigenvalue weighted by atomic mass is 15.2. The predicted molar refractivity (Wildman–Crippen MR) is 21.4 cm³/mol. The van der Waals surface area contributed by atoms with Crippen molar-refractivity contribution in [1.82, 2.24) is 5.32 Å². The number of hydrogen-bond donors (Lipinski definition) is 1. The van der Waals surface area contributed by atoms with E-state index in [1.165, 1.54) is 0 Å². The van der Waals surface area contributed by atoms with E-state index in [2.05, 4.69) is 15.2 Å². The highest BCUT2D eigenvalue weighted by Crippen LogP contribution is 1.78. The summed E-state index contributed by atoms with van der Waals surface area (Å²) in [6, 6.07) is 0. The number of rotatable bonds is 0. The first-order valence-corrected chi connectivity index (χ1v) is 1.87. The first-order valence-electron chi connectivity index (χ1n) is 1.87. The van der Waals surface area contributed by atoms with Crippen LogP contribution in [0.15, 0.2) is 5.11 Å². The van der Waals surface area contributed by atoms with E-state index >= 15 is 0 Å². The van der Waals surface area contributed by atoms with Gasteiger partial charge in [-0.3, -0.25) is 0 Å². The van der Waals surface area contributed by atoms with Crippen LogP contribution in [0.4, 0.5) is 0 Å². The molecule has 1 rings (SSSR count). The average molecular weight is 84.1 g/mol. The van der Waals surface area contributed by atoms with Crippen molar-refractivity contribution in [3.8, 4) is 0 Å². The van der Waals surface area contributed by atoms with Crippen LogP contribution < -0.4 is 5.32 Å². The molecule has 0 aliphatic carbocycles. The first-order chi connectivity index (χ1) is 2.89. The van der Waals surface area contributed by atoms with Crippen LogP contribution in [-0.2, 0) is 0 Å². The van der Waals surface area contributed by atoms with Gasteiger partial charge in [0, 0.05) is 12.0 Å². The van der Waals surface area contributed by atoms with Gasteiger partial charge in [-0.1, -0.05) is 4.79 Å². The molecule has 32 valence electrons. The molecule has 0 aromatic carbocycles. The van der Waals surface area contributed by atoms with Crippen LogP contribution in [0.3, 0.4) is 0 Å². The Balaban J connectivity index is 2.55. The maximum atomic E-state index is 3.69. The SMILES string of the molecule is CC1N=[N+]=CN1. The van der Waals surface area contributed by atoms with E-state index < -0.39 is 0 Å². The van der Waals surface area contributed by atoms with Crippen LogP contribution in [0.1, 0.15) is 6.92 Å². The summed E-state index contributed by atoms with van der Waals surface area (Å²) >= 11 is 0. The lowest BCUT2D eigenvalue weighted by Gasteiger charge is -1.79. The number of nitrogens with one attached hydrogen (secondary N) is 1. The Morgan fingerprint density at radius 2 is 2.83 bits per heavy atom. The van der Waals surface area contributed by atoms with Gasteiger partial charge in [0.1, 0.15) is 0 Å². The van der Waals surface area contributed by atoms with E-state index in [1.807, 2.05) is 6.92 Å². The van der Waals surface area contributed by atoms with Crippen molar-refractivity contribution in [1.29, 1.82) is 0 Å². The summed E-state index contributed by atoms with van der Waals surface area (Å²) in [7, 11) is 0. The predicted octanol–water partition coefficient (Wildman–Crippen LogP) is -0.376. The minimum atomic E-state index is 0.199. The summed E-state index contributed by atoms with van der Waals surface area (Å²) in [6.45, 7) is 1.94. The second-order valence-corrected chi connectivity index (χ2v) is 1.20. The quantitative estimate of drug-likeness (QED) is 0.399. The Bertz CT molecular complexity index is 101. The van der Waals surface area contributed by atoms with Crippen LogP contribution in [0.5, 0.6) is 0 Å². The van der Waals surface area contributed by atoms with Crippen molar-refractivity contribution >= 4 is 6.34 Å². The van der Waals surface area contributed by atoms with Gasteiger partial charge in [-0.2, -0.15) is 0 Å². The average Bonchev–Trinajstić information content (AvgIpc) is 1.86. The molecular formula is C3H6N3+. The van der Waals surface area contributed by atoms with Crippen molar-refractivity contribution in [2.24, 2.45) is 5.11 Å². The molecule has 1 aliphatic rings. The lowest BCUT2D eigenvalue weighted by atomic mass is 10.6. The molecule has 0 radical (unpaired) electrons. The molecule has 0 aromatic heterocycles. The Labute approximate surface area is 35.8 Å². The lowest BCUT2D eigenvalue weighted by molar-refractivity contribution is -0.0767. The van der Waals surface area contributed by atoms with Gasteiger partial charge in [0.2, 0.25) is 6.17 Å². The molecule has 1 unspecified atom stereocenters. The Hall–Kier alpha value is -0.820. The van der Waals surface area contributed by atoms with Crippen molar-refractivity contribution in [2.75, 3.05) is 0 Å². The maximum Gasteiger partial charge on any atom is 0.365 e. The van der Waals surface area contributed by atoms with Gasteiger partial charge in [-0.05, 0) is 0 Å². The highest BCUT2D eigenvalue weighted by Gasteiger charge is 2.05. The Morgan fingerprint density at radius 1 is 2.00 bits per heavy atom. The summed E-state index contributed by atoms with van der Waals surface area (Å²) in [4.78, 5) is 3.55. The third-order valence-corrected chi connectivity index (χ3v) is 0.613. The second kappa shape index (κ2) is 1.11. The van der Waals surface area contributed by atoms with E-state index in [9.17, 15) is 0 Å². The summed E-state index contributed by atoms with van der Waals surface area (Å²) in [5, 5.41) is 6.56. The second-order valence-electron chi connectivity index (χ2n) is 1.20. The van der Waals surface area contributed by atoms with Crippen LogP contribution in [0.25, 0.3) is 0 Å². The fourth-order valence-corrected chi connectivity index (χ4v) is 0.308. The molecule has 0 bridgehead atoms.